The van der Waals surface area contributed by atoms with Gasteiger partial charge in [0.25, 0.3) is 0 Å². The van der Waals surface area contributed by atoms with Crippen LogP contribution in [0.2, 0.25) is 0 Å². The standard InChI is InChI=1S/C68H52N2S/c1-5-21-54(22-6-2)68(55-26-12-8-13-27-55)62-32-18-16-31-61(62)66-63(68)44-43-60-48(3)23-20-34-65(71-67(60)66)70(57-39-35-51(36-40-57)50-24-10-7-11-25-50)58-41-37-52(38-42-58)53-45-46-69(56-28-14-9-15-29-56)64-33-19-17-30-59(64)49(4)47-53/h5-47H,1,3-4H2,2H3/b22-6-,23-20-,46-45-,53-47+,54-21+,65-34-. The van der Waals surface area contributed by atoms with Gasteiger partial charge in [-0.2, -0.15) is 0 Å². The van der Waals surface area contributed by atoms with E-state index in [-0.39, 0.29) is 0 Å². The van der Waals surface area contributed by atoms with Crippen molar-refractivity contribution in [1.82, 2.24) is 0 Å². The summed E-state index contributed by atoms with van der Waals surface area (Å²) in [4.78, 5) is 5.81. The normalized spacial score (nSPS) is 18.5. The molecule has 71 heavy (non-hydrogen) atoms. The lowest BCUT2D eigenvalue weighted by Crippen LogP contribution is -2.29. The maximum atomic E-state index is 4.66. The monoisotopic (exact) mass is 928 g/mol. The van der Waals surface area contributed by atoms with E-state index in [1.54, 1.807) is 11.8 Å². The highest BCUT2D eigenvalue weighted by Crippen LogP contribution is 2.60. The maximum absolute atomic E-state index is 4.66. The molecule has 8 aromatic rings. The number of anilines is 4. The molecule has 0 spiro atoms. The molecule has 2 nitrogen and oxygen atoms in total. The van der Waals surface area contributed by atoms with Gasteiger partial charge in [0.1, 0.15) is 0 Å². The van der Waals surface area contributed by atoms with E-state index in [2.05, 4.69) is 291 Å². The second kappa shape index (κ2) is 19.4. The molecular weight excluding hydrogens is 877 g/mol. The van der Waals surface area contributed by atoms with Gasteiger partial charge in [-0.3, -0.25) is 0 Å². The molecule has 2 aliphatic heterocycles. The molecule has 0 N–H and O–H groups in total. The van der Waals surface area contributed by atoms with Gasteiger partial charge < -0.3 is 9.80 Å². The van der Waals surface area contributed by atoms with Crippen LogP contribution in [0.15, 0.2) is 296 Å². The topological polar surface area (TPSA) is 6.48 Å². The van der Waals surface area contributed by atoms with Gasteiger partial charge in [-0.1, -0.05) is 226 Å². The molecule has 0 saturated carbocycles. The summed E-state index contributed by atoms with van der Waals surface area (Å²) in [5, 5.41) is 1.06. The zero-order chi connectivity index (χ0) is 48.3. The summed E-state index contributed by atoms with van der Waals surface area (Å²) in [6.45, 7) is 15.6. The SMILES string of the molecule is C=C/C=C(\C=C/C)C1(c2ccccc2)c2ccccc2-c2c1ccc1c2S/C(N(c2ccc(C3=C/C(=C)c4ccccc4N(c4ccccc4)/C=C\3)cc2)c2ccc(-c3ccccc3)cc2)=C\C=C/C1=C. The summed E-state index contributed by atoms with van der Waals surface area (Å²) in [6, 6.07) is 72.0. The molecule has 0 radical (unpaired) electrons. The summed E-state index contributed by atoms with van der Waals surface area (Å²) >= 11 is 1.80. The largest absolute Gasteiger partial charge is 0.317 e. The first-order chi connectivity index (χ1) is 35.0. The third-order valence-corrected chi connectivity index (χ3v) is 14.9. The van der Waals surface area contributed by atoms with Crippen LogP contribution in [-0.2, 0) is 5.41 Å². The van der Waals surface area contributed by atoms with Crippen molar-refractivity contribution in [2.45, 2.75) is 17.2 Å². The van der Waals surface area contributed by atoms with Crippen LogP contribution in [0.25, 0.3) is 39.0 Å². The molecule has 11 rings (SSSR count). The number of para-hydroxylation sites is 2. The number of hydrogen-bond donors (Lipinski definition) is 0. The molecule has 0 aromatic heterocycles. The van der Waals surface area contributed by atoms with E-state index in [4.69, 9.17) is 0 Å². The third-order valence-electron chi connectivity index (χ3n) is 13.7. The van der Waals surface area contributed by atoms with E-state index in [9.17, 15) is 0 Å². The van der Waals surface area contributed by atoms with Crippen molar-refractivity contribution in [3.63, 3.8) is 0 Å². The lowest BCUT2D eigenvalue weighted by Gasteiger charge is -2.35. The summed E-state index contributed by atoms with van der Waals surface area (Å²) in [6.07, 6.45) is 21.6. The molecule has 8 aromatic carbocycles. The quantitative estimate of drug-likeness (QED) is 0.126. The second-order valence-electron chi connectivity index (χ2n) is 17.8. The number of benzene rings is 8. The first kappa shape index (κ1) is 44.9. The Balaban J connectivity index is 1.06. The van der Waals surface area contributed by atoms with E-state index < -0.39 is 5.41 Å². The minimum absolute atomic E-state index is 0.596. The summed E-state index contributed by atoms with van der Waals surface area (Å²) < 4.78 is 0. The van der Waals surface area contributed by atoms with Crippen molar-refractivity contribution < 1.29 is 0 Å². The predicted molar refractivity (Wildman–Crippen MR) is 305 cm³/mol. The summed E-state index contributed by atoms with van der Waals surface area (Å²) in [5.41, 5.74) is 19.6. The Labute approximate surface area is 423 Å². The number of rotatable bonds is 10. The van der Waals surface area contributed by atoms with Crippen LogP contribution in [0.1, 0.15) is 40.3 Å². The van der Waals surface area contributed by atoms with Crippen LogP contribution in [0.3, 0.4) is 0 Å². The molecule has 3 aliphatic rings. The number of hydrogen-bond acceptors (Lipinski definition) is 3. The Bertz CT molecular complexity index is 3530. The lowest BCUT2D eigenvalue weighted by atomic mass is 9.67. The summed E-state index contributed by atoms with van der Waals surface area (Å²) in [5.74, 6) is 0. The van der Waals surface area contributed by atoms with Crippen molar-refractivity contribution in [3.8, 4) is 22.3 Å². The molecule has 0 saturated heterocycles. The van der Waals surface area contributed by atoms with Crippen LogP contribution in [-0.4, -0.2) is 0 Å². The Morgan fingerprint density at radius 2 is 1.20 bits per heavy atom. The highest BCUT2D eigenvalue weighted by atomic mass is 32.2. The minimum Gasteiger partial charge on any atom is -0.317 e. The van der Waals surface area contributed by atoms with Crippen molar-refractivity contribution in [1.29, 1.82) is 0 Å². The Morgan fingerprint density at radius 1 is 0.577 bits per heavy atom. The van der Waals surface area contributed by atoms with Crippen molar-refractivity contribution in [3.05, 3.63) is 325 Å². The first-order valence-electron chi connectivity index (χ1n) is 24.1. The number of thioether (sulfide) groups is 1. The zero-order valence-corrected chi connectivity index (χ0v) is 40.6. The van der Waals surface area contributed by atoms with E-state index in [0.29, 0.717) is 0 Å². The molecule has 0 bridgehead atoms. The van der Waals surface area contributed by atoms with Crippen LogP contribution in [0.5, 0.6) is 0 Å². The number of nitrogens with zero attached hydrogens (tertiary/aromatic N) is 2. The number of fused-ring (bicyclic) bond motifs is 6. The van der Waals surface area contributed by atoms with Gasteiger partial charge in [0, 0.05) is 39.3 Å². The molecule has 2 heterocycles. The van der Waals surface area contributed by atoms with E-state index in [1.807, 2.05) is 6.08 Å². The van der Waals surface area contributed by atoms with Gasteiger partial charge in [-0.15, -0.1) is 0 Å². The molecule has 340 valence electrons. The zero-order valence-electron chi connectivity index (χ0n) is 39.8. The van der Waals surface area contributed by atoms with Crippen LogP contribution < -0.4 is 9.80 Å². The lowest BCUT2D eigenvalue weighted by molar-refractivity contribution is 0.765. The average molecular weight is 929 g/mol. The van der Waals surface area contributed by atoms with Gasteiger partial charge in [0.05, 0.1) is 16.1 Å². The number of allylic oxidation sites excluding steroid dienone is 13. The van der Waals surface area contributed by atoms with Crippen molar-refractivity contribution >= 4 is 51.2 Å². The molecule has 0 amide bonds. The Morgan fingerprint density at radius 3 is 1.90 bits per heavy atom. The first-order valence-corrected chi connectivity index (χ1v) is 24.9. The Kier molecular flexibility index (Phi) is 12.3. The van der Waals surface area contributed by atoms with Crippen molar-refractivity contribution in [2.75, 3.05) is 9.80 Å². The fourth-order valence-electron chi connectivity index (χ4n) is 10.5. The molecule has 1 atom stereocenters. The minimum atomic E-state index is -0.596. The smallest absolute Gasteiger partial charge is 0.0847 e. The fraction of sp³-hybridized carbons (Fsp3) is 0.0294. The van der Waals surface area contributed by atoms with Crippen molar-refractivity contribution in [2.24, 2.45) is 0 Å². The summed E-state index contributed by atoms with van der Waals surface area (Å²) in [7, 11) is 0. The van der Waals surface area contributed by atoms with E-state index in [0.717, 1.165) is 72.3 Å². The molecule has 1 aliphatic carbocycles. The average Bonchev–Trinajstić information content (AvgIpc) is 3.72. The van der Waals surface area contributed by atoms with Crippen LogP contribution in [0, 0.1) is 0 Å². The van der Waals surface area contributed by atoms with Gasteiger partial charge in [0.2, 0.25) is 0 Å². The van der Waals surface area contributed by atoms with Gasteiger partial charge >= 0.3 is 0 Å². The molecule has 3 heteroatoms. The van der Waals surface area contributed by atoms with Crippen LogP contribution >= 0.6 is 11.8 Å². The molecule has 1 unspecified atom stereocenters. The maximum Gasteiger partial charge on any atom is 0.0847 e. The van der Waals surface area contributed by atoms with Crippen LogP contribution in [0.4, 0.5) is 22.7 Å². The Hall–Kier alpha value is -8.63. The highest BCUT2D eigenvalue weighted by Gasteiger charge is 2.48. The predicted octanol–water partition coefficient (Wildman–Crippen LogP) is 18.5. The van der Waals surface area contributed by atoms with E-state index in [1.165, 1.54) is 38.3 Å². The molecular formula is C68H52N2S. The van der Waals surface area contributed by atoms with Gasteiger partial charge in [-0.05, 0) is 134 Å². The van der Waals surface area contributed by atoms with E-state index >= 15 is 0 Å². The highest BCUT2D eigenvalue weighted by molar-refractivity contribution is 8.03. The third kappa shape index (κ3) is 8.10. The molecule has 0 fully saturated rings. The van der Waals surface area contributed by atoms with Gasteiger partial charge in [-0.25, -0.2) is 0 Å². The van der Waals surface area contributed by atoms with Gasteiger partial charge in [0.15, 0.2) is 0 Å². The fourth-order valence-corrected chi connectivity index (χ4v) is 11.8. The second-order valence-corrected chi connectivity index (χ2v) is 18.9.